The lowest BCUT2D eigenvalue weighted by atomic mass is 10.0. The minimum absolute atomic E-state index is 0.461. The van der Waals surface area contributed by atoms with Crippen LogP contribution in [0, 0.1) is 25.2 Å². The molecule has 0 unspecified atom stereocenters. The molecular formula is C13H13N3. The quantitative estimate of drug-likeness (QED) is 0.765. The third-order valence-electron chi connectivity index (χ3n) is 2.79. The molecule has 0 saturated carbocycles. The number of benzene rings is 1. The summed E-state index contributed by atoms with van der Waals surface area (Å²) < 4.78 is 1.87. The van der Waals surface area contributed by atoms with Crippen molar-refractivity contribution in [1.82, 2.24) is 9.55 Å². The molecule has 0 atom stereocenters. The smallest absolute Gasteiger partial charge is 0.213 e. The maximum absolute atomic E-state index is 8.89. The first-order valence-corrected chi connectivity index (χ1v) is 5.18. The van der Waals surface area contributed by atoms with Gasteiger partial charge in [-0.3, -0.25) is 0 Å². The molecule has 0 amide bonds. The lowest BCUT2D eigenvalue weighted by molar-refractivity contribution is 0.772. The summed E-state index contributed by atoms with van der Waals surface area (Å²) in [6.45, 7) is 4.89. The van der Waals surface area contributed by atoms with Crippen molar-refractivity contribution in [3.63, 3.8) is 0 Å². The molecule has 16 heavy (non-hydrogen) atoms. The van der Waals surface area contributed by atoms with Gasteiger partial charge in [0.05, 0.1) is 6.54 Å². The highest BCUT2D eigenvalue weighted by Crippen LogP contribution is 2.15. The highest BCUT2D eigenvalue weighted by Gasteiger charge is 2.06. The Morgan fingerprint density at radius 3 is 2.62 bits per heavy atom. The van der Waals surface area contributed by atoms with Gasteiger partial charge in [-0.15, -0.1) is 0 Å². The van der Waals surface area contributed by atoms with Gasteiger partial charge in [0, 0.05) is 12.4 Å². The lowest BCUT2D eigenvalue weighted by Gasteiger charge is -2.10. The molecule has 0 saturated heterocycles. The average molecular weight is 211 g/mol. The predicted molar refractivity (Wildman–Crippen MR) is 62.0 cm³/mol. The average Bonchev–Trinajstić information content (AvgIpc) is 2.71. The zero-order valence-corrected chi connectivity index (χ0v) is 9.44. The molecule has 80 valence electrons. The molecule has 0 radical (unpaired) electrons. The molecule has 3 nitrogen and oxygen atoms in total. The molecule has 1 aromatic carbocycles. The number of hydrogen-bond acceptors (Lipinski definition) is 2. The van der Waals surface area contributed by atoms with Gasteiger partial charge in [0.25, 0.3) is 0 Å². The van der Waals surface area contributed by atoms with Gasteiger partial charge in [-0.25, -0.2) is 4.98 Å². The minimum Gasteiger partial charge on any atom is -0.318 e. The van der Waals surface area contributed by atoms with Crippen molar-refractivity contribution < 1.29 is 0 Å². The topological polar surface area (TPSA) is 41.6 Å². The second-order valence-corrected chi connectivity index (χ2v) is 3.86. The monoisotopic (exact) mass is 211 g/mol. The van der Waals surface area contributed by atoms with Crippen LogP contribution in [0.25, 0.3) is 0 Å². The van der Waals surface area contributed by atoms with Crippen LogP contribution >= 0.6 is 0 Å². The summed E-state index contributed by atoms with van der Waals surface area (Å²) in [7, 11) is 0. The van der Waals surface area contributed by atoms with Gasteiger partial charge < -0.3 is 4.57 Å². The summed E-state index contributed by atoms with van der Waals surface area (Å²) in [5.41, 5.74) is 3.76. The maximum atomic E-state index is 8.89. The van der Waals surface area contributed by atoms with Crippen LogP contribution in [-0.4, -0.2) is 9.55 Å². The Morgan fingerprint density at radius 1 is 1.31 bits per heavy atom. The number of rotatable bonds is 2. The molecule has 1 heterocycles. The first-order chi connectivity index (χ1) is 7.72. The summed E-state index contributed by atoms with van der Waals surface area (Å²) in [6.07, 6.45) is 3.50. The third kappa shape index (κ3) is 1.82. The molecule has 0 aliphatic heterocycles. The molecule has 0 fully saturated rings. The Balaban J connectivity index is 2.38. The molecule has 0 N–H and O–H groups in total. The Kier molecular flexibility index (Phi) is 2.74. The fourth-order valence-corrected chi connectivity index (χ4v) is 1.82. The first kappa shape index (κ1) is 10.4. The number of imidazole rings is 1. The van der Waals surface area contributed by atoms with E-state index in [-0.39, 0.29) is 0 Å². The van der Waals surface area contributed by atoms with Gasteiger partial charge in [-0.2, -0.15) is 5.26 Å². The Bertz CT molecular complexity index is 526. The first-order valence-electron chi connectivity index (χ1n) is 5.18. The molecule has 0 aliphatic carbocycles. The van der Waals surface area contributed by atoms with E-state index in [1.807, 2.05) is 16.8 Å². The fourth-order valence-electron chi connectivity index (χ4n) is 1.82. The SMILES string of the molecule is Cc1cccc(C)c1Cn1ccnc1C#N. The number of nitriles is 1. The molecular weight excluding hydrogens is 198 g/mol. The molecule has 0 aliphatic rings. The van der Waals surface area contributed by atoms with Crippen LogP contribution in [0.15, 0.2) is 30.6 Å². The van der Waals surface area contributed by atoms with Crippen molar-refractivity contribution in [3.8, 4) is 6.07 Å². The Labute approximate surface area is 95.0 Å². The largest absolute Gasteiger partial charge is 0.318 e. The summed E-state index contributed by atoms with van der Waals surface area (Å²) in [5.74, 6) is 0.461. The van der Waals surface area contributed by atoms with E-state index in [0.717, 1.165) is 0 Å². The zero-order valence-electron chi connectivity index (χ0n) is 9.44. The molecule has 0 spiro atoms. The molecule has 2 rings (SSSR count). The fraction of sp³-hybridized carbons (Fsp3) is 0.231. The van der Waals surface area contributed by atoms with Crippen LogP contribution in [-0.2, 0) is 6.54 Å². The van der Waals surface area contributed by atoms with Gasteiger partial charge >= 0.3 is 0 Å². The van der Waals surface area contributed by atoms with Crippen LogP contribution < -0.4 is 0 Å². The highest BCUT2D eigenvalue weighted by atomic mass is 15.1. The highest BCUT2D eigenvalue weighted by molar-refractivity contribution is 5.34. The second kappa shape index (κ2) is 4.19. The van der Waals surface area contributed by atoms with Crippen molar-refractivity contribution in [1.29, 1.82) is 5.26 Å². The number of aryl methyl sites for hydroxylation is 2. The third-order valence-corrected chi connectivity index (χ3v) is 2.79. The Hall–Kier alpha value is -2.08. The van der Waals surface area contributed by atoms with Crippen LogP contribution in [0.3, 0.4) is 0 Å². The van der Waals surface area contributed by atoms with Crippen LogP contribution in [0.4, 0.5) is 0 Å². The molecule has 3 heteroatoms. The van der Waals surface area contributed by atoms with Crippen LogP contribution in [0.1, 0.15) is 22.5 Å². The van der Waals surface area contributed by atoms with E-state index in [4.69, 9.17) is 5.26 Å². The van der Waals surface area contributed by atoms with Crippen molar-refractivity contribution in [2.24, 2.45) is 0 Å². The van der Waals surface area contributed by atoms with E-state index in [9.17, 15) is 0 Å². The van der Waals surface area contributed by atoms with E-state index in [0.29, 0.717) is 12.4 Å². The predicted octanol–water partition coefficient (Wildman–Crippen LogP) is 2.42. The minimum atomic E-state index is 0.461. The molecule has 1 aromatic heterocycles. The number of aromatic nitrogens is 2. The molecule has 0 bridgehead atoms. The maximum Gasteiger partial charge on any atom is 0.213 e. The summed E-state index contributed by atoms with van der Waals surface area (Å²) in [6, 6.07) is 8.31. The Morgan fingerprint density at radius 2 is 2.00 bits per heavy atom. The van der Waals surface area contributed by atoms with E-state index in [1.165, 1.54) is 16.7 Å². The summed E-state index contributed by atoms with van der Waals surface area (Å²) in [4.78, 5) is 3.99. The zero-order chi connectivity index (χ0) is 11.5. The standard InChI is InChI=1S/C13H13N3/c1-10-4-3-5-11(2)12(10)9-16-7-6-15-13(16)8-14/h3-7H,9H2,1-2H3. The number of hydrogen-bond donors (Lipinski definition) is 0. The van der Waals surface area contributed by atoms with Crippen molar-refractivity contribution in [2.75, 3.05) is 0 Å². The number of nitrogens with zero attached hydrogens (tertiary/aromatic N) is 3. The van der Waals surface area contributed by atoms with Crippen LogP contribution in [0.2, 0.25) is 0 Å². The van der Waals surface area contributed by atoms with E-state index in [2.05, 4.69) is 37.0 Å². The summed E-state index contributed by atoms with van der Waals surface area (Å²) >= 11 is 0. The van der Waals surface area contributed by atoms with Crippen molar-refractivity contribution in [2.45, 2.75) is 20.4 Å². The van der Waals surface area contributed by atoms with Gasteiger partial charge in [-0.05, 0) is 30.5 Å². The molecule has 2 aromatic rings. The summed E-state index contributed by atoms with van der Waals surface area (Å²) in [5, 5.41) is 8.89. The van der Waals surface area contributed by atoms with Crippen LogP contribution in [0.5, 0.6) is 0 Å². The van der Waals surface area contributed by atoms with Gasteiger partial charge in [0.1, 0.15) is 6.07 Å². The second-order valence-electron chi connectivity index (χ2n) is 3.86. The van der Waals surface area contributed by atoms with Gasteiger partial charge in [0.2, 0.25) is 5.82 Å². The lowest BCUT2D eigenvalue weighted by Crippen LogP contribution is -2.04. The van der Waals surface area contributed by atoms with Crippen molar-refractivity contribution in [3.05, 3.63) is 53.1 Å². The van der Waals surface area contributed by atoms with E-state index >= 15 is 0 Å². The van der Waals surface area contributed by atoms with E-state index < -0.39 is 0 Å². The van der Waals surface area contributed by atoms with E-state index in [1.54, 1.807) is 6.20 Å². The van der Waals surface area contributed by atoms with Crippen molar-refractivity contribution >= 4 is 0 Å². The normalized spacial score (nSPS) is 10.1. The van der Waals surface area contributed by atoms with Gasteiger partial charge in [0.15, 0.2) is 0 Å². The van der Waals surface area contributed by atoms with Gasteiger partial charge in [-0.1, -0.05) is 18.2 Å².